The van der Waals surface area contributed by atoms with Crippen molar-refractivity contribution in [3.05, 3.63) is 56.9 Å². The van der Waals surface area contributed by atoms with Crippen LogP contribution in [0.4, 0.5) is 4.39 Å². The Labute approximate surface area is 131 Å². The molecule has 1 atom stereocenters. The summed E-state index contributed by atoms with van der Waals surface area (Å²) in [4.78, 5) is 0. The molecule has 2 aromatic rings. The van der Waals surface area contributed by atoms with Gasteiger partial charge >= 0.3 is 0 Å². The van der Waals surface area contributed by atoms with Gasteiger partial charge in [0.1, 0.15) is 17.3 Å². The second kappa shape index (κ2) is 6.41. The van der Waals surface area contributed by atoms with Gasteiger partial charge in [-0.1, -0.05) is 6.07 Å². The summed E-state index contributed by atoms with van der Waals surface area (Å²) in [5.41, 5.74) is 7.99. The molecule has 0 saturated carbocycles. The second-order valence-electron chi connectivity index (χ2n) is 4.29. The van der Waals surface area contributed by atoms with Crippen molar-refractivity contribution in [2.24, 2.45) is 5.73 Å². The molecule has 5 heteroatoms. The fourth-order valence-electron chi connectivity index (χ4n) is 1.94. The molecule has 0 bridgehead atoms. The molecule has 0 aliphatic carbocycles. The van der Waals surface area contributed by atoms with Crippen LogP contribution in [0.3, 0.4) is 0 Å². The smallest absolute Gasteiger partial charge is 0.124 e. The van der Waals surface area contributed by atoms with Gasteiger partial charge in [-0.2, -0.15) is 0 Å². The van der Waals surface area contributed by atoms with Gasteiger partial charge in [-0.15, -0.1) is 0 Å². The third kappa shape index (κ3) is 3.21. The van der Waals surface area contributed by atoms with E-state index in [1.807, 2.05) is 12.1 Å². The minimum atomic E-state index is -0.369. The number of ether oxygens (including phenoxy) is 2. The molecule has 0 aromatic heterocycles. The molecule has 106 valence electrons. The van der Waals surface area contributed by atoms with Crippen LogP contribution in [0.25, 0.3) is 0 Å². The van der Waals surface area contributed by atoms with E-state index in [9.17, 15) is 4.39 Å². The molecule has 20 heavy (non-hydrogen) atoms. The minimum absolute atomic E-state index is 0.270. The van der Waals surface area contributed by atoms with Crippen LogP contribution in [0, 0.1) is 9.39 Å². The molecule has 0 fully saturated rings. The molecule has 1 unspecified atom stereocenters. The summed E-state index contributed by atoms with van der Waals surface area (Å²) in [6, 6.07) is 9.70. The third-order valence-electron chi connectivity index (χ3n) is 3.03. The monoisotopic (exact) mass is 387 g/mol. The molecule has 0 radical (unpaired) electrons. The van der Waals surface area contributed by atoms with Gasteiger partial charge in [0.15, 0.2) is 0 Å². The van der Waals surface area contributed by atoms with Crippen LogP contribution in [-0.4, -0.2) is 14.2 Å². The summed E-state index contributed by atoms with van der Waals surface area (Å²) in [6.45, 7) is 0. The van der Waals surface area contributed by atoms with E-state index in [0.29, 0.717) is 11.5 Å². The van der Waals surface area contributed by atoms with Crippen LogP contribution in [0.2, 0.25) is 0 Å². The highest BCUT2D eigenvalue weighted by molar-refractivity contribution is 14.1. The molecule has 2 N–H and O–H groups in total. The van der Waals surface area contributed by atoms with Crippen LogP contribution in [-0.2, 0) is 0 Å². The van der Waals surface area contributed by atoms with Gasteiger partial charge in [0.2, 0.25) is 0 Å². The molecule has 0 saturated heterocycles. The van der Waals surface area contributed by atoms with E-state index in [1.165, 1.54) is 12.1 Å². The number of benzene rings is 2. The van der Waals surface area contributed by atoms with Crippen molar-refractivity contribution in [1.82, 2.24) is 0 Å². The topological polar surface area (TPSA) is 44.5 Å². The quantitative estimate of drug-likeness (QED) is 0.817. The molecule has 0 aliphatic rings. The molecule has 0 amide bonds. The maximum Gasteiger partial charge on any atom is 0.124 e. The zero-order valence-electron chi connectivity index (χ0n) is 11.2. The Balaban J connectivity index is 2.44. The SMILES string of the molecule is COc1cc(OC)cc(C(N)c2ccc(F)cc2I)c1. The minimum Gasteiger partial charge on any atom is -0.497 e. The Bertz CT molecular complexity index is 597. The lowest BCUT2D eigenvalue weighted by Crippen LogP contribution is -2.13. The average molecular weight is 387 g/mol. The number of rotatable bonds is 4. The van der Waals surface area contributed by atoms with Gasteiger partial charge in [-0.25, -0.2) is 4.39 Å². The molecular weight excluding hydrogens is 372 g/mol. The van der Waals surface area contributed by atoms with Gasteiger partial charge in [-0.05, 0) is 58.0 Å². The predicted molar refractivity (Wildman–Crippen MR) is 84.7 cm³/mol. The zero-order chi connectivity index (χ0) is 14.7. The van der Waals surface area contributed by atoms with E-state index in [1.54, 1.807) is 26.4 Å². The Morgan fingerprint density at radius 2 is 1.65 bits per heavy atom. The molecule has 2 aromatic carbocycles. The Kier molecular flexibility index (Phi) is 4.82. The number of methoxy groups -OCH3 is 2. The van der Waals surface area contributed by atoms with Crippen LogP contribution in [0.5, 0.6) is 11.5 Å². The van der Waals surface area contributed by atoms with Gasteiger partial charge in [0.25, 0.3) is 0 Å². The standard InChI is InChI=1S/C15H15FINO2/c1-19-11-5-9(6-12(8-11)20-2)15(18)13-4-3-10(16)7-14(13)17/h3-8,15H,18H2,1-2H3. The highest BCUT2D eigenvalue weighted by atomic mass is 127. The first kappa shape index (κ1) is 15.1. The zero-order valence-corrected chi connectivity index (χ0v) is 13.3. The van der Waals surface area contributed by atoms with Crippen molar-refractivity contribution in [3.63, 3.8) is 0 Å². The van der Waals surface area contributed by atoms with E-state index >= 15 is 0 Å². The van der Waals surface area contributed by atoms with E-state index in [2.05, 4.69) is 22.6 Å². The summed E-state index contributed by atoms with van der Waals surface area (Å²) in [6.07, 6.45) is 0. The van der Waals surface area contributed by atoms with Gasteiger partial charge in [-0.3, -0.25) is 0 Å². The lowest BCUT2D eigenvalue weighted by Gasteiger charge is -2.16. The van der Waals surface area contributed by atoms with Crippen LogP contribution < -0.4 is 15.2 Å². The molecule has 0 aliphatic heterocycles. The fourth-order valence-corrected chi connectivity index (χ4v) is 2.76. The van der Waals surface area contributed by atoms with Crippen molar-refractivity contribution >= 4 is 22.6 Å². The Hall–Kier alpha value is -1.34. The lowest BCUT2D eigenvalue weighted by molar-refractivity contribution is 0.393. The summed E-state index contributed by atoms with van der Waals surface area (Å²) >= 11 is 2.08. The van der Waals surface area contributed by atoms with Crippen molar-refractivity contribution in [2.75, 3.05) is 14.2 Å². The molecule has 3 nitrogen and oxygen atoms in total. The maximum atomic E-state index is 13.2. The molecule has 0 heterocycles. The third-order valence-corrected chi connectivity index (χ3v) is 3.96. The summed E-state index contributed by atoms with van der Waals surface area (Å²) in [7, 11) is 3.18. The number of halogens is 2. The molecular formula is C15H15FINO2. The number of hydrogen-bond donors (Lipinski definition) is 1. The van der Waals surface area contributed by atoms with Crippen LogP contribution in [0.15, 0.2) is 36.4 Å². The largest absolute Gasteiger partial charge is 0.497 e. The van der Waals surface area contributed by atoms with Crippen molar-refractivity contribution in [1.29, 1.82) is 0 Å². The van der Waals surface area contributed by atoms with Gasteiger partial charge < -0.3 is 15.2 Å². The van der Waals surface area contributed by atoms with E-state index < -0.39 is 0 Å². The van der Waals surface area contributed by atoms with Gasteiger partial charge in [0, 0.05) is 9.64 Å². The van der Waals surface area contributed by atoms with E-state index in [-0.39, 0.29) is 11.9 Å². The highest BCUT2D eigenvalue weighted by Gasteiger charge is 2.15. The Morgan fingerprint density at radius 3 is 2.15 bits per heavy atom. The van der Waals surface area contributed by atoms with Crippen molar-refractivity contribution < 1.29 is 13.9 Å². The van der Waals surface area contributed by atoms with Gasteiger partial charge in [0.05, 0.1) is 20.3 Å². The van der Waals surface area contributed by atoms with E-state index in [0.717, 1.165) is 14.7 Å². The summed E-state index contributed by atoms with van der Waals surface area (Å²) in [5, 5.41) is 0. The summed E-state index contributed by atoms with van der Waals surface area (Å²) in [5.74, 6) is 1.08. The molecule has 0 spiro atoms. The normalized spacial score (nSPS) is 12.1. The van der Waals surface area contributed by atoms with Crippen LogP contribution >= 0.6 is 22.6 Å². The lowest BCUT2D eigenvalue weighted by atomic mass is 9.99. The molecule has 2 rings (SSSR count). The first-order valence-electron chi connectivity index (χ1n) is 5.98. The number of hydrogen-bond acceptors (Lipinski definition) is 3. The second-order valence-corrected chi connectivity index (χ2v) is 5.45. The Morgan fingerprint density at radius 1 is 1.05 bits per heavy atom. The first-order chi connectivity index (χ1) is 9.55. The highest BCUT2D eigenvalue weighted by Crippen LogP contribution is 2.30. The first-order valence-corrected chi connectivity index (χ1v) is 7.06. The van der Waals surface area contributed by atoms with Crippen molar-refractivity contribution in [2.45, 2.75) is 6.04 Å². The van der Waals surface area contributed by atoms with Crippen LogP contribution in [0.1, 0.15) is 17.2 Å². The number of nitrogens with two attached hydrogens (primary N) is 1. The maximum absolute atomic E-state index is 13.2. The summed E-state index contributed by atoms with van der Waals surface area (Å²) < 4.78 is 24.4. The predicted octanol–water partition coefficient (Wildman–Crippen LogP) is 3.50. The average Bonchev–Trinajstić information content (AvgIpc) is 2.46. The van der Waals surface area contributed by atoms with Crippen molar-refractivity contribution in [3.8, 4) is 11.5 Å². The fraction of sp³-hybridized carbons (Fsp3) is 0.200. The van der Waals surface area contributed by atoms with E-state index in [4.69, 9.17) is 15.2 Å².